The van der Waals surface area contributed by atoms with Gasteiger partial charge in [0.15, 0.2) is 0 Å². The molecule has 25 heavy (non-hydrogen) atoms. The largest absolute Gasteiger partial charge is 0.461 e. The number of allylic oxidation sites excluding steroid dienone is 2. The van der Waals surface area contributed by atoms with E-state index in [9.17, 15) is 0 Å². The highest BCUT2D eigenvalue weighted by Gasteiger charge is 2.51. The Morgan fingerprint density at radius 1 is 1.04 bits per heavy atom. The first kappa shape index (κ1) is 20.5. The van der Waals surface area contributed by atoms with Crippen LogP contribution in [0.1, 0.15) is 53.9 Å². The molecule has 0 amide bonds. The first-order valence-electron chi connectivity index (χ1n) is 9.71. The van der Waals surface area contributed by atoms with Crippen LogP contribution in [-0.4, -0.2) is 26.4 Å². The van der Waals surface area contributed by atoms with Gasteiger partial charge in [0.1, 0.15) is 8.07 Å². The highest BCUT2D eigenvalue weighted by molar-refractivity contribution is 6.96. The zero-order valence-corrected chi connectivity index (χ0v) is 18.2. The van der Waals surface area contributed by atoms with Crippen molar-refractivity contribution in [2.75, 3.05) is 0 Å². The Morgan fingerprint density at radius 2 is 1.60 bits per heavy atom. The second-order valence-electron chi connectivity index (χ2n) is 8.75. The zero-order chi connectivity index (χ0) is 18.7. The number of benzene rings is 1. The van der Waals surface area contributed by atoms with Crippen LogP contribution < -0.4 is 5.19 Å². The number of hydrogen-bond acceptors (Lipinski definition) is 2. The maximum absolute atomic E-state index is 6.29. The van der Waals surface area contributed by atoms with E-state index in [0.717, 1.165) is 12.7 Å². The molecule has 0 unspecified atom stereocenters. The van der Waals surface area contributed by atoms with Gasteiger partial charge in [0.05, 0.1) is 11.2 Å². The highest BCUT2D eigenvalue weighted by atomic mass is 28.3. The summed E-state index contributed by atoms with van der Waals surface area (Å²) in [6.07, 6.45) is 6.98. The molecular weight excluding hydrogens is 323 g/mol. The molecule has 0 aromatic heterocycles. The van der Waals surface area contributed by atoms with Crippen molar-refractivity contribution in [1.29, 1.82) is 0 Å². The molecule has 0 bridgehead atoms. The van der Waals surface area contributed by atoms with Gasteiger partial charge < -0.3 is 9.31 Å². The van der Waals surface area contributed by atoms with E-state index in [4.69, 9.17) is 9.31 Å². The third-order valence-electron chi connectivity index (χ3n) is 5.94. The van der Waals surface area contributed by atoms with Crippen molar-refractivity contribution in [3.8, 4) is 0 Å². The van der Waals surface area contributed by atoms with E-state index in [0.29, 0.717) is 0 Å². The summed E-state index contributed by atoms with van der Waals surface area (Å²) in [5, 5.41) is 3.03. The molecule has 0 atom stereocenters. The average Bonchev–Trinajstić information content (AvgIpc) is 2.74. The van der Waals surface area contributed by atoms with Gasteiger partial charge >= 0.3 is 7.12 Å². The van der Waals surface area contributed by atoms with Crippen molar-refractivity contribution in [2.24, 2.45) is 0 Å². The lowest BCUT2D eigenvalue weighted by Crippen LogP contribution is -2.45. The fourth-order valence-corrected chi connectivity index (χ4v) is 6.07. The van der Waals surface area contributed by atoms with Crippen LogP contribution >= 0.6 is 0 Å². The number of rotatable bonds is 7. The minimum absolute atomic E-state index is 0.145. The second-order valence-corrected chi connectivity index (χ2v) is 13.2. The molecular formula is C21H35BO2Si. The summed E-state index contributed by atoms with van der Waals surface area (Å²) in [7, 11) is -1.86. The molecule has 1 heterocycles. The molecule has 1 aliphatic rings. The van der Waals surface area contributed by atoms with E-state index in [2.05, 4.69) is 84.1 Å². The lowest BCUT2D eigenvalue weighted by molar-refractivity contribution is 0.00578. The molecule has 1 fully saturated rings. The van der Waals surface area contributed by atoms with Gasteiger partial charge in [-0.25, -0.2) is 0 Å². The van der Waals surface area contributed by atoms with Crippen LogP contribution in [0.25, 0.3) is 0 Å². The molecule has 0 saturated carbocycles. The van der Waals surface area contributed by atoms with E-state index in [1.807, 2.05) is 0 Å². The minimum atomic E-state index is -1.72. The number of unbranched alkanes of at least 4 members (excludes halogenated alkanes) is 2. The van der Waals surface area contributed by atoms with Crippen LogP contribution in [-0.2, 0) is 9.31 Å². The quantitative estimate of drug-likeness (QED) is 0.483. The minimum Gasteiger partial charge on any atom is -0.403 e. The van der Waals surface area contributed by atoms with Crippen molar-refractivity contribution < 1.29 is 9.31 Å². The van der Waals surface area contributed by atoms with Crippen LogP contribution in [0.4, 0.5) is 0 Å². The van der Waals surface area contributed by atoms with E-state index in [1.54, 1.807) is 5.20 Å². The lowest BCUT2D eigenvalue weighted by atomic mass is 9.84. The predicted molar refractivity (Wildman–Crippen MR) is 112 cm³/mol. The van der Waals surface area contributed by atoms with Gasteiger partial charge in [0.25, 0.3) is 0 Å². The second kappa shape index (κ2) is 7.81. The van der Waals surface area contributed by atoms with Gasteiger partial charge in [-0.3, -0.25) is 0 Å². The molecule has 0 aliphatic carbocycles. The predicted octanol–water partition coefficient (Wildman–Crippen LogP) is 5.35. The first-order chi connectivity index (χ1) is 11.6. The summed E-state index contributed by atoms with van der Waals surface area (Å²) < 4.78 is 12.6. The van der Waals surface area contributed by atoms with Gasteiger partial charge in [-0.1, -0.05) is 79.7 Å². The molecule has 4 heteroatoms. The summed E-state index contributed by atoms with van der Waals surface area (Å²) in [6.45, 7) is 15.7. The topological polar surface area (TPSA) is 18.5 Å². The Labute approximate surface area is 156 Å². The fourth-order valence-electron chi connectivity index (χ4n) is 3.34. The smallest absolute Gasteiger partial charge is 0.403 e. The molecule has 138 valence electrons. The van der Waals surface area contributed by atoms with Gasteiger partial charge in [-0.15, -0.1) is 0 Å². The zero-order valence-electron chi connectivity index (χ0n) is 17.2. The van der Waals surface area contributed by atoms with Crippen LogP contribution in [0, 0.1) is 0 Å². The van der Waals surface area contributed by atoms with E-state index in [-0.39, 0.29) is 18.3 Å². The molecule has 2 rings (SSSR count). The average molecular weight is 358 g/mol. The van der Waals surface area contributed by atoms with Crippen LogP contribution in [0.2, 0.25) is 19.4 Å². The Balaban J connectivity index is 2.24. The maximum Gasteiger partial charge on any atom is 0.461 e. The Kier molecular flexibility index (Phi) is 6.40. The molecule has 2 nitrogen and oxygen atoms in total. The number of hydrogen-bond donors (Lipinski definition) is 0. The molecule has 1 saturated heterocycles. The lowest BCUT2D eigenvalue weighted by Gasteiger charge is -2.32. The highest BCUT2D eigenvalue weighted by Crippen LogP contribution is 2.39. The Hall–Kier alpha value is -0.838. The van der Waals surface area contributed by atoms with Crippen LogP contribution in [0.3, 0.4) is 0 Å². The van der Waals surface area contributed by atoms with Crippen molar-refractivity contribution in [3.63, 3.8) is 0 Å². The summed E-state index contributed by atoms with van der Waals surface area (Å²) in [5.74, 6) is 0. The third-order valence-corrected chi connectivity index (χ3v) is 9.73. The third kappa shape index (κ3) is 4.66. The summed E-state index contributed by atoms with van der Waals surface area (Å²) in [6, 6.07) is 11.0. The SMILES string of the molecule is CCCC/C=C(\CB1OC(C)(C)C(C)(C)O1)[Si](C)(C)c1ccccc1. The van der Waals surface area contributed by atoms with Gasteiger partial charge in [0, 0.05) is 6.32 Å². The monoisotopic (exact) mass is 358 g/mol. The first-order valence-corrected chi connectivity index (χ1v) is 12.7. The van der Waals surface area contributed by atoms with Crippen molar-refractivity contribution in [2.45, 2.75) is 84.5 Å². The van der Waals surface area contributed by atoms with E-state index >= 15 is 0 Å². The molecule has 0 spiro atoms. The van der Waals surface area contributed by atoms with Crippen molar-refractivity contribution in [1.82, 2.24) is 0 Å². The van der Waals surface area contributed by atoms with Crippen LogP contribution in [0.5, 0.6) is 0 Å². The van der Waals surface area contributed by atoms with Crippen molar-refractivity contribution in [3.05, 3.63) is 41.6 Å². The molecule has 1 aliphatic heterocycles. The van der Waals surface area contributed by atoms with Crippen LogP contribution in [0.15, 0.2) is 41.6 Å². The normalized spacial score (nSPS) is 20.1. The standard InChI is InChI=1S/C21H35BO2Si/c1-8-9-11-16-19(25(6,7)18-14-12-10-13-15-18)17-22-23-20(2,3)21(4,5)24-22/h10,12-16H,8-9,11,17H2,1-7H3/b19-16+. The fraction of sp³-hybridized carbons (Fsp3) is 0.619. The van der Waals surface area contributed by atoms with E-state index < -0.39 is 8.07 Å². The molecule has 0 N–H and O–H groups in total. The summed E-state index contributed by atoms with van der Waals surface area (Å²) in [4.78, 5) is 0. The summed E-state index contributed by atoms with van der Waals surface area (Å²) in [5.41, 5.74) is -0.519. The molecule has 1 aromatic carbocycles. The van der Waals surface area contributed by atoms with Gasteiger partial charge in [0.2, 0.25) is 0 Å². The molecule has 1 aromatic rings. The summed E-state index contributed by atoms with van der Waals surface area (Å²) >= 11 is 0. The van der Waals surface area contributed by atoms with Gasteiger partial charge in [-0.05, 0) is 34.1 Å². The Morgan fingerprint density at radius 3 is 2.12 bits per heavy atom. The van der Waals surface area contributed by atoms with Crippen molar-refractivity contribution >= 4 is 20.4 Å². The maximum atomic E-state index is 6.29. The molecule has 0 radical (unpaired) electrons. The Bertz CT molecular complexity index is 577. The van der Waals surface area contributed by atoms with E-state index in [1.165, 1.54) is 18.0 Å². The van der Waals surface area contributed by atoms with Gasteiger partial charge in [-0.2, -0.15) is 0 Å².